The number of methoxy groups -OCH3 is 1. The Morgan fingerprint density at radius 1 is 1.15 bits per heavy atom. The average Bonchev–Trinajstić information content (AvgIpc) is 2.60. The fourth-order valence-electron chi connectivity index (χ4n) is 1.91. The summed E-state index contributed by atoms with van der Waals surface area (Å²) in [5.74, 6) is -0.477. The maximum atomic E-state index is 11.3. The quantitative estimate of drug-likeness (QED) is 0.352. The van der Waals surface area contributed by atoms with Crippen LogP contribution in [0.15, 0.2) is 44.3 Å². The number of rotatable bonds is 1. The van der Waals surface area contributed by atoms with Crippen molar-refractivity contribution >= 4 is 77.6 Å². The zero-order chi connectivity index (χ0) is 19.4. The number of halogens is 4. The largest absolute Gasteiger partial charge is 0.465 e. The third-order valence-corrected chi connectivity index (χ3v) is 5.57. The molecule has 0 aliphatic rings. The van der Waals surface area contributed by atoms with Crippen LogP contribution < -0.4 is 11.3 Å². The molecule has 3 N–H and O–H groups in total. The van der Waals surface area contributed by atoms with Crippen LogP contribution in [0, 0.1) is 0 Å². The van der Waals surface area contributed by atoms with Gasteiger partial charge in [0.2, 0.25) is 0 Å². The van der Waals surface area contributed by atoms with Crippen LogP contribution in [-0.4, -0.2) is 23.0 Å². The van der Waals surface area contributed by atoms with Gasteiger partial charge in [0, 0.05) is 14.6 Å². The van der Waals surface area contributed by atoms with Gasteiger partial charge in [0.15, 0.2) is 0 Å². The lowest BCUT2D eigenvalue weighted by atomic mass is 10.2. The van der Waals surface area contributed by atoms with Crippen LogP contribution >= 0.6 is 55.1 Å². The molecule has 1 heterocycles. The van der Waals surface area contributed by atoms with Gasteiger partial charge in [0.25, 0.3) is 5.56 Å². The monoisotopic (exact) mass is 521 g/mol. The summed E-state index contributed by atoms with van der Waals surface area (Å²) in [6.07, 6.45) is 1.36. The second kappa shape index (κ2) is 8.85. The molecule has 0 fully saturated rings. The van der Waals surface area contributed by atoms with Gasteiger partial charge >= 0.3 is 5.97 Å². The fraction of sp³-hybridized carbons (Fsp3) is 0.0625. The number of esters is 1. The maximum Gasteiger partial charge on any atom is 0.339 e. The number of benzene rings is 2. The molecule has 3 rings (SSSR count). The molecular weight excluding hydrogens is 513 g/mol. The highest BCUT2D eigenvalue weighted by Gasteiger charge is 2.12. The van der Waals surface area contributed by atoms with E-state index < -0.39 is 5.97 Å². The predicted molar refractivity (Wildman–Crippen MR) is 110 cm³/mol. The summed E-state index contributed by atoms with van der Waals surface area (Å²) >= 11 is 18.0. The first-order valence-electron chi connectivity index (χ1n) is 6.90. The highest BCUT2D eigenvalue weighted by molar-refractivity contribution is 9.10. The maximum absolute atomic E-state index is 11.3. The molecular formula is C16H11Br2Cl2N3O3. The van der Waals surface area contributed by atoms with Crippen LogP contribution in [0.2, 0.25) is 10.0 Å². The molecule has 0 amide bonds. The molecule has 0 aliphatic carbocycles. The first-order valence-corrected chi connectivity index (χ1v) is 9.24. The number of nitrogens with two attached hydrogens (primary N) is 1. The van der Waals surface area contributed by atoms with Crippen LogP contribution in [0.1, 0.15) is 10.4 Å². The molecule has 0 spiro atoms. The second-order valence-electron chi connectivity index (χ2n) is 4.86. The lowest BCUT2D eigenvalue weighted by molar-refractivity contribution is 0.0602. The van der Waals surface area contributed by atoms with Gasteiger partial charge in [0.1, 0.15) is 0 Å². The van der Waals surface area contributed by atoms with E-state index in [1.165, 1.54) is 25.6 Å². The third kappa shape index (κ3) is 4.76. The summed E-state index contributed by atoms with van der Waals surface area (Å²) in [6.45, 7) is 0. The van der Waals surface area contributed by atoms with Crippen LogP contribution in [0.25, 0.3) is 10.9 Å². The van der Waals surface area contributed by atoms with E-state index in [1.54, 1.807) is 12.1 Å². The minimum atomic E-state index is -0.477. The highest BCUT2D eigenvalue weighted by Crippen LogP contribution is 2.28. The number of hydrogen-bond acceptors (Lipinski definition) is 5. The van der Waals surface area contributed by atoms with Crippen molar-refractivity contribution < 1.29 is 9.53 Å². The first-order chi connectivity index (χ1) is 12.2. The van der Waals surface area contributed by atoms with Crippen LogP contribution in [0.5, 0.6) is 0 Å². The first kappa shape index (κ1) is 20.7. The predicted octanol–water partition coefficient (Wildman–Crippen LogP) is 4.81. The van der Waals surface area contributed by atoms with Gasteiger partial charge in [-0.3, -0.25) is 4.79 Å². The lowest BCUT2D eigenvalue weighted by Crippen LogP contribution is -2.05. The van der Waals surface area contributed by atoms with E-state index in [2.05, 4.69) is 46.6 Å². The Bertz CT molecular complexity index is 1040. The number of ether oxygens (including phenoxy) is 1. The van der Waals surface area contributed by atoms with Gasteiger partial charge in [-0.2, -0.15) is 0 Å². The van der Waals surface area contributed by atoms with Gasteiger partial charge < -0.3 is 15.5 Å². The summed E-state index contributed by atoms with van der Waals surface area (Å²) < 4.78 is 5.84. The van der Waals surface area contributed by atoms with Gasteiger partial charge in [0.05, 0.1) is 39.9 Å². The van der Waals surface area contributed by atoms with E-state index in [4.69, 9.17) is 28.9 Å². The number of nitrogens with one attached hydrogen (secondary N) is 1. The highest BCUT2D eigenvalue weighted by atomic mass is 79.9. The number of aromatic nitrogens is 2. The van der Waals surface area contributed by atoms with Crippen molar-refractivity contribution in [3.05, 3.63) is 65.5 Å². The van der Waals surface area contributed by atoms with Crippen molar-refractivity contribution in [2.24, 2.45) is 0 Å². The topological polar surface area (TPSA) is 98.1 Å². The number of carbonyl (C=O) groups is 1. The molecule has 6 nitrogen and oxygen atoms in total. The standard InChI is InChI=1S/C8H4BrClN2O.C8H7BrClNO2/c9-5-1-4-7(2-6(5)10)11-3-12-8(4)13;1-13-8(12)4-2-5(9)6(10)3-7(4)11/h1-3H,(H,11,12,13);2-3H,11H2,1H3. The minimum absolute atomic E-state index is 0.164. The zero-order valence-electron chi connectivity index (χ0n) is 13.1. The number of nitrogen functional groups attached to an aromatic ring is 1. The molecule has 10 heteroatoms. The second-order valence-corrected chi connectivity index (χ2v) is 7.38. The van der Waals surface area contributed by atoms with Gasteiger partial charge in [-0.25, -0.2) is 9.78 Å². The number of fused-ring (bicyclic) bond motifs is 1. The Hall–Kier alpha value is -1.61. The number of nitrogens with zero attached hydrogens (tertiary/aromatic N) is 1. The van der Waals surface area contributed by atoms with E-state index >= 15 is 0 Å². The number of hydrogen-bond donors (Lipinski definition) is 2. The summed E-state index contributed by atoms with van der Waals surface area (Å²) in [5.41, 5.74) is 6.60. The normalized spacial score (nSPS) is 10.2. The molecule has 136 valence electrons. The van der Waals surface area contributed by atoms with Crippen molar-refractivity contribution in [1.82, 2.24) is 9.97 Å². The molecule has 26 heavy (non-hydrogen) atoms. The van der Waals surface area contributed by atoms with Gasteiger partial charge in [-0.1, -0.05) is 23.2 Å². The Kier molecular flexibility index (Phi) is 7.05. The van der Waals surface area contributed by atoms with E-state index in [-0.39, 0.29) is 5.56 Å². The molecule has 0 bridgehead atoms. The number of H-pyrrole nitrogens is 1. The number of anilines is 1. The van der Waals surface area contributed by atoms with E-state index in [9.17, 15) is 9.59 Å². The number of aromatic amines is 1. The average molecular weight is 524 g/mol. The summed E-state index contributed by atoms with van der Waals surface area (Å²) in [6, 6.07) is 6.33. The molecule has 0 saturated carbocycles. The molecule has 0 atom stereocenters. The Morgan fingerprint density at radius 2 is 1.77 bits per heavy atom. The van der Waals surface area contributed by atoms with Crippen LogP contribution in [0.4, 0.5) is 5.69 Å². The zero-order valence-corrected chi connectivity index (χ0v) is 17.8. The van der Waals surface area contributed by atoms with Crippen LogP contribution in [-0.2, 0) is 4.74 Å². The molecule has 0 aliphatic heterocycles. The van der Waals surface area contributed by atoms with Crippen molar-refractivity contribution in [2.45, 2.75) is 0 Å². The fourth-order valence-corrected chi connectivity index (χ4v) is 2.93. The molecule has 0 saturated heterocycles. The summed E-state index contributed by atoms with van der Waals surface area (Å²) in [4.78, 5) is 28.9. The number of carbonyl (C=O) groups excluding carboxylic acids is 1. The summed E-state index contributed by atoms with van der Waals surface area (Å²) in [5, 5.41) is 1.54. The van der Waals surface area contributed by atoms with Gasteiger partial charge in [-0.15, -0.1) is 0 Å². The van der Waals surface area contributed by atoms with E-state index in [0.29, 0.717) is 41.1 Å². The van der Waals surface area contributed by atoms with Crippen molar-refractivity contribution in [3.8, 4) is 0 Å². The van der Waals surface area contributed by atoms with E-state index in [0.717, 1.165) is 0 Å². The Balaban J connectivity index is 0.000000187. The van der Waals surface area contributed by atoms with Crippen molar-refractivity contribution in [3.63, 3.8) is 0 Å². The van der Waals surface area contributed by atoms with Crippen LogP contribution in [0.3, 0.4) is 0 Å². The molecule has 0 radical (unpaired) electrons. The molecule has 3 aromatic rings. The Labute approximate surface area is 174 Å². The van der Waals surface area contributed by atoms with Gasteiger partial charge in [-0.05, 0) is 56.1 Å². The van der Waals surface area contributed by atoms with E-state index in [1.807, 2.05) is 0 Å². The summed E-state index contributed by atoms with van der Waals surface area (Å²) in [7, 11) is 1.30. The molecule has 2 aromatic carbocycles. The third-order valence-electron chi connectivity index (χ3n) is 3.18. The Morgan fingerprint density at radius 3 is 2.42 bits per heavy atom. The van der Waals surface area contributed by atoms with Crippen molar-refractivity contribution in [1.29, 1.82) is 0 Å². The minimum Gasteiger partial charge on any atom is -0.465 e. The smallest absolute Gasteiger partial charge is 0.339 e. The SMILES string of the molecule is COC(=O)c1cc(Br)c(Cl)cc1N.O=c1[nH]cnc2cc(Cl)c(Br)cc12. The molecule has 1 aromatic heterocycles. The van der Waals surface area contributed by atoms with Crippen molar-refractivity contribution in [2.75, 3.05) is 12.8 Å². The molecule has 0 unspecified atom stereocenters. The lowest BCUT2D eigenvalue weighted by Gasteiger charge is -2.05.